The molecule has 1 aliphatic rings. The molecule has 1 saturated heterocycles. The van der Waals surface area contributed by atoms with Crippen LogP contribution in [0, 0.1) is 11.8 Å². The zero-order valence-corrected chi connectivity index (χ0v) is 12.6. The molecule has 3 unspecified atom stereocenters. The van der Waals surface area contributed by atoms with Gasteiger partial charge in [0.05, 0.1) is 6.10 Å². The Balaban J connectivity index is 2.10. The van der Waals surface area contributed by atoms with Crippen LogP contribution in [0.4, 0.5) is 0 Å². The van der Waals surface area contributed by atoms with Crippen LogP contribution in [0.15, 0.2) is 24.3 Å². The van der Waals surface area contributed by atoms with Crippen LogP contribution >= 0.6 is 0 Å². The maximum absolute atomic E-state index is 5.71. The molecule has 0 aromatic heterocycles. The van der Waals surface area contributed by atoms with Crippen LogP contribution in [0.3, 0.4) is 0 Å². The number of rotatable bonds is 5. The van der Waals surface area contributed by atoms with E-state index < -0.39 is 0 Å². The van der Waals surface area contributed by atoms with Gasteiger partial charge in [0.2, 0.25) is 0 Å². The summed E-state index contributed by atoms with van der Waals surface area (Å²) < 4.78 is 5.71. The second-order valence-corrected chi connectivity index (χ2v) is 6.13. The molecule has 1 fully saturated rings. The van der Waals surface area contributed by atoms with Gasteiger partial charge < -0.3 is 10.1 Å². The first-order valence-corrected chi connectivity index (χ1v) is 7.49. The van der Waals surface area contributed by atoms with Crippen molar-refractivity contribution >= 4 is 0 Å². The molecule has 0 spiro atoms. The predicted octanol–water partition coefficient (Wildman–Crippen LogP) is 3.57. The Hall–Kier alpha value is -0.860. The zero-order valence-electron chi connectivity index (χ0n) is 12.6. The second kappa shape index (κ2) is 6.53. The van der Waals surface area contributed by atoms with Gasteiger partial charge in [-0.25, -0.2) is 0 Å². The third-order valence-corrected chi connectivity index (χ3v) is 4.16. The van der Waals surface area contributed by atoms with Crippen LogP contribution in [0.25, 0.3) is 0 Å². The number of hydrogen-bond donors (Lipinski definition) is 1. The first-order valence-electron chi connectivity index (χ1n) is 7.49. The van der Waals surface area contributed by atoms with E-state index in [0.29, 0.717) is 24.0 Å². The van der Waals surface area contributed by atoms with E-state index in [-0.39, 0.29) is 0 Å². The van der Waals surface area contributed by atoms with E-state index in [1.54, 1.807) is 0 Å². The van der Waals surface area contributed by atoms with Crippen molar-refractivity contribution in [2.75, 3.05) is 13.7 Å². The lowest BCUT2D eigenvalue weighted by Gasteiger charge is -2.26. The molecular weight excluding hydrogens is 234 g/mol. The Labute approximate surface area is 117 Å². The Morgan fingerprint density at radius 3 is 2.42 bits per heavy atom. The number of ether oxygens (including phenoxy) is 1. The van der Waals surface area contributed by atoms with Gasteiger partial charge in [-0.2, -0.15) is 0 Å². The minimum atomic E-state index is 0.354. The summed E-state index contributed by atoms with van der Waals surface area (Å²) in [4.78, 5) is 0. The molecule has 2 nitrogen and oxygen atoms in total. The summed E-state index contributed by atoms with van der Waals surface area (Å²) in [6, 6.07) is 9.53. The monoisotopic (exact) mass is 261 g/mol. The van der Waals surface area contributed by atoms with Gasteiger partial charge in [-0.05, 0) is 43.9 Å². The largest absolute Gasteiger partial charge is 0.378 e. The third kappa shape index (κ3) is 3.58. The molecule has 3 atom stereocenters. The van der Waals surface area contributed by atoms with Gasteiger partial charge in [-0.15, -0.1) is 0 Å². The Morgan fingerprint density at radius 1 is 1.26 bits per heavy atom. The fourth-order valence-electron chi connectivity index (χ4n) is 3.15. The highest BCUT2D eigenvalue weighted by atomic mass is 16.5. The zero-order chi connectivity index (χ0) is 13.8. The summed E-state index contributed by atoms with van der Waals surface area (Å²) in [6.45, 7) is 7.62. The van der Waals surface area contributed by atoms with E-state index in [4.69, 9.17) is 4.74 Å². The number of benzene rings is 1. The van der Waals surface area contributed by atoms with Crippen molar-refractivity contribution in [1.29, 1.82) is 0 Å². The van der Waals surface area contributed by atoms with Crippen LogP contribution in [-0.4, -0.2) is 19.8 Å². The van der Waals surface area contributed by atoms with E-state index in [0.717, 1.165) is 19.4 Å². The predicted molar refractivity (Wildman–Crippen MR) is 80.3 cm³/mol. The van der Waals surface area contributed by atoms with Crippen LogP contribution in [-0.2, 0) is 11.2 Å². The summed E-state index contributed by atoms with van der Waals surface area (Å²) in [6.07, 6.45) is 2.67. The molecule has 1 aromatic carbocycles. The average Bonchev–Trinajstić information content (AvgIpc) is 2.78. The van der Waals surface area contributed by atoms with Crippen LogP contribution < -0.4 is 5.32 Å². The molecule has 0 saturated carbocycles. The Kier molecular flexibility index (Phi) is 5.00. The van der Waals surface area contributed by atoms with Gasteiger partial charge in [0.15, 0.2) is 0 Å². The molecule has 2 rings (SSSR count). The van der Waals surface area contributed by atoms with E-state index in [1.165, 1.54) is 11.1 Å². The van der Waals surface area contributed by atoms with Crippen LogP contribution in [0.1, 0.15) is 44.4 Å². The van der Waals surface area contributed by atoms with Crippen molar-refractivity contribution in [2.24, 2.45) is 11.8 Å². The van der Waals surface area contributed by atoms with E-state index in [9.17, 15) is 0 Å². The van der Waals surface area contributed by atoms with Gasteiger partial charge in [-0.1, -0.05) is 38.1 Å². The second-order valence-electron chi connectivity index (χ2n) is 6.13. The van der Waals surface area contributed by atoms with E-state index in [1.807, 2.05) is 0 Å². The van der Waals surface area contributed by atoms with Crippen molar-refractivity contribution in [3.8, 4) is 0 Å². The minimum absolute atomic E-state index is 0.354. The molecule has 1 heterocycles. The van der Waals surface area contributed by atoms with Crippen molar-refractivity contribution in [1.82, 2.24) is 5.32 Å². The molecule has 0 radical (unpaired) electrons. The molecular formula is C17H27NO. The highest BCUT2D eigenvalue weighted by Crippen LogP contribution is 2.33. The SMILES string of the molecule is CNC(c1ccc(CC(C)C)cc1)C1CCOC1C. The topological polar surface area (TPSA) is 21.3 Å². The van der Waals surface area contributed by atoms with Crippen molar-refractivity contribution in [3.63, 3.8) is 0 Å². The summed E-state index contributed by atoms with van der Waals surface area (Å²) in [5.74, 6) is 1.30. The number of hydrogen-bond acceptors (Lipinski definition) is 2. The summed E-state index contributed by atoms with van der Waals surface area (Å²) in [7, 11) is 2.05. The van der Waals surface area contributed by atoms with Gasteiger partial charge in [-0.3, -0.25) is 0 Å². The van der Waals surface area contributed by atoms with Gasteiger partial charge in [0.25, 0.3) is 0 Å². The van der Waals surface area contributed by atoms with Crippen molar-refractivity contribution in [2.45, 2.75) is 45.8 Å². The molecule has 0 aliphatic carbocycles. The Bertz CT molecular complexity index is 385. The van der Waals surface area contributed by atoms with E-state index >= 15 is 0 Å². The molecule has 1 aromatic rings. The minimum Gasteiger partial charge on any atom is -0.378 e. The first-order chi connectivity index (χ1) is 9.11. The standard InChI is InChI=1S/C17H27NO/c1-12(2)11-14-5-7-15(8-6-14)17(18-4)16-9-10-19-13(16)3/h5-8,12-13,16-18H,9-11H2,1-4H3. The smallest absolute Gasteiger partial charge is 0.0594 e. The molecule has 1 aliphatic heterocycles. The maximum atomic E-state index is 5.71. The molecule has 19 heavy (non-hydrogen) atoms. The molecule has 0 amide bonds. The van der Waals surface area contributed by atoms with Crippen LogP contribution in [0.2, 0.25) is 0 Å². The van der Waals surface area contributed by atoms with Crippen molar-refractivity contribution < 1.29 is 4.74 Å². The maximum Gasteiger partial charge on any atom is 0.0594 e. The lowest BCUT2D eigenvalue weighted by molar-refractivity contribution is 0.0963. The lowest BCUT2D eigenvalue weighted by atomic mass is 9.87. The molecule has 0 bridgehead atoms. The highest BCUT2D eigenvalue weighted by molar-refractivity contribution is 5.26. The van der Waals surface area contributed by atoms with Crippen LogP contribution in [0.5, 0.6) is 0 Å². The first kappa shape index (κ1) is 14.5. The van der Waals surface area contributed by atoms with E-state index in [2.05, 4.69) is 57.4 Å². The quantitative estimate of drug-likeness (QED) is 0.875. The number of nitrogens with one attached hydrogen (secondary N) is 1. The Morgan fingerprint density at radius 2 is 1.95 bits per heavy atom. The third-order valence-electron chi connectivity index (χ3n) is 4.16. The fraction of sp³-hybridized carbons (Fsp3) is 0.647. The summed E-state index contributed by atoms with van der Waals surface area (Å²) in [5.41, 5.74) is 2.82. The summed E-state index contributed by atoms with van der Waals surface area (Å²) in [5, 5.41) is 3.47. The molecule has 2 heteroatoms. The van der Waals surface area contributed by atoms with Gasteiger partial charge in [0, 0.05) is 18.6 Å². The fourth-order valence-corrected chi connectivity index (χ4v) is 3.15. The normalized spacial score (nSPS) is 24.9. The van der Waals surface area contributed by atoms with Gasteiger partial charge in [0.1, 0.15) is 0 Å². The highest BCUT2D eigenvalue weighted by Gasteiger charge is 2.31. The van der Waals surface area contributed by atoms with Crippen molar-refractivity contribution in [3.05, 3.63) is 35.4 Å². The molecule has 106 valence electrons. The lowest BCUT2D eigenvalue weighted by Crippen LogP contribution is -2.29. The van der Waals surface area contributed by atoms with Gasteiger partial charge >= 0.3 is 0 Å². The average molecular weight is 261 g/mol. The molecule has 1 N–H and O–H groups in total. The summed E-state index contributed by atoms with van der Waals surface area (Å²) >= 11 is 0.